The maximum atomic E-state index is 11.9. The number of ketones is 1. The molecule has 12 nitrogen and oxygen atoms in total. The number of aryl methyl sites for hydroxylation is 2. The Bertz CT molecular complexity index is 2010. The molecule has 1 amide bonds. The summed E-state index contributed by atoms with van der Waals surface area (Å²) in [6.45, 7) is 8.29. The second kappa shape index (κ2) is 15.0. The Balaban J connectivity index is 0.000000269. The maximum absolute atomic E-state index is 11.9. The lowest BCUT2D eigenvalue weighted by molar-refractivity contribution is -0.128. The molecule has 2 aromatic carbocycles. The Morgan fingerprint density at radius 2 is 1.88 bits per heavy atom. The van der Waals surface area contributed by atoms with Gasteiger partial charge in [0, 0.05) is 36.8 Å². The van der Waals surface area contributed by atoms with Crippen molar-refractivity contribution in [2.45, 2.75) is 47.0 Å². The zero-order chi connectivity index (χ0) is 36.1. The minimum Gasteiger partial charge on any atom is -0.455 e. The highest BCUT2D eigenvalue weighted by molar-refractivity contribution is 7.85. The average Bonchev–Trinajstić information content (AvgIpc) is 3.40. The summed E-state index contributed by atoms with van der Waals surface area (Å²) >= 11 is 0. The van der Waals surface area contributed by atoms with Crippen LogP contribution >= 0.6 is 0 Å². The number of nitrogens with zero attached hydrogens (tertiary/aromatic N) is 3. The zero-order valence-corrected chi connectivity index (χ0v) is 29.7. The third-order valence-corrected chi connectivity index (χ3v) is 10.6. The lowest BCUT2D eigenvalue weighted by Crippen LogP contribution is -2.42. The molecule has 2 aromatic heterocycles. The first kappa shape index (κ1) is 36.6. The van der Waals surface area contributed by atoms with Crippen LogP contribution in [0.15, 0.2) is 67.1 Å². The third-order valence-electron chi connectivity index (χ3n) is 9.78. The van der Waals surface area contributed by atoms with Gasteiger partial charge in [-0.15, -0.1) is 0 Å². The summed E-state index contributed by atoms with van der Waals surface area (Å²) in [6.07, 6.45) is 9.06. The molecule has 3 N–H and O–H groups in total. The van der Waals surface area contributed by atoms with Crippen molar-refractivity contribution in [1.29, 1.82) is 0 Å². The number of carbonyl (C=O) groups is 2. The number of hydrogen-bond donors (Lipinski definition) is 3. The molecule has 2 aliphatic rings. The number of benzene rings is 2. The molecule has 13 heteroatoms. The Labute approximate surface area is 292 Å². The largest absolute Gasteiger partial charge is 0.455 e. The first-order valence-electron chi connectivity index (χ1n) is 16.3. The number of methoxy groups -OCH3 is 1. The number of pyridine rings is 1. The quantitative estimate of drug-likeness (QED) is 0.152. The van der Waals surface area contributed by atoms with Crippen molar-refractivity contribution in [1.82, 2.24) is 20.3 Å². The molecular formula is C37H43N5O7S. The van der Waals surface area contributed by atoms with Gasteiger partial charge in [0.25, 0.3) is 10.1 Å². The number of rotatable bonds is 11. The molecule has 2 saturated carbocycles. The van der Waals surface area contributed by atoms with Gasteiger partial charge in [0.2, 0.25) is 5.91 Å². The molecule has 264 valence electrons. The van der Waals surface area contributed by atoms with Crippen molar-refractivity contribution in [3.63, 3.8) is 0 Å². The number of ether oxygens (including phenoxy) is 2. The summed E-state index contributed by atoms with van der Waals surface area (Å²) in [5.41, 5.74) is 3.50. The van der Waals surface area contributed by atoms with E-state index in [4.69, 9.17) is 14.0 Å². The van der Waals surface area contributed by atoms with Gasteiger partial charge in [-0.05, 0) is 91.6 Å². The first-order chi connectivity index (χ1) is 23.7. The fourth-order valence-corrected chi connectivity index (χ4v) is 8.17. The number of fused-ring (bicyclic) bond motifs is 3. The van der Waals surface area contributed by atoms with E-state index in [1.807, 2.05) is 88.4 Å². The van der Waals surface area contributed by atoms with Gasteiger partial charge < -0.3 is 20.1 Å². The Kier molecular flexibility index (Phi) is 11.0. The summed E-state index contributed by atoms with van der Waals surface area (Å²) < 4.78 is 41.8. The van der Waals surface area contributed by atoms with Crippen LogP contribution in [0.25, 0.3) is 17.0 Å². The molecule has 0 aliphatic heterocycles. The van der Waals surface area contributed by atoms with Crippen molar-refractivity contribution in [3.8, 4) is 11.5 Å². The summed E-state index contributed by atoms with van der Waals surface area (Å²) in [5.74, 6) is 1.90. The number of amides is 1. The standard InChI is InChI=1S/C27H27N5O3.C10H16O4S/c1-18-13-21(8-11-25(18)35-22-9-6-19(2)29-15-22)32-27-23-14-20(7-10-24(23)30-17-31-27)5-4-12-28-26(33)16-34-3;1-9(2)7-3-4-10(9,8(11)5-7)6-15(12,13)14/h4-11,13-15,17H,12,16H2,1-3H3,(H,28,33)(H,30,31,32);7H,3-6H2,1-2H3,(H,12,13,14)/b5-4+;. The van der Waals surface area contributed by atoms with E-state index in [-0.39, 0.29) is 29.6 Å². The molecule has 2 bridgehead atoms. The molecule has 2 aliphatic carbocycles. The maximum Gasteiger partial charge on any atom is 0.265 e. The number of anilines is 2. The highest BCUT2D eigenvalue weighted by Crippen LogP contribution is 2.64. The summed E-state index contributed by atoms with van der Waals surface area (Å²) in [7, 11) is -2.59. The third kappa shape index (κ3) is 8.35. The first-order valence-corrected chi connectivity index (χ1v) is 18.0. The van der Waals surface area contributed by atoms with Crippen LogP contribution in [0.1, 0.15) is 49.9 Å². The van der Waals surface area contributed by atoms with Crippen molar-refractivity contribution < 1.29 is 32.0 Å². The monoisotopic (exact) mass is 701 g/mol. The van der Waals surface area contributed by atoms with Gasteiger partial charge in [-0.3, -0.25) is 19.1 Å². The molecule has 0 spiro atoms. The van der Waals surface area contributed by atoms with Crippen LogP contribution in [-0.4, -0.2) is 65.6 Å². The van der Waals surface area contributed by atoms with Crippen LogP contribution in [0.2, 0.25) is 0 Å². The predicted molar refractivity (Wildman–Crippen MR) is 192 cm³/mol. The van der Waals surface area contributed by atoms with Crippen LogP contribution in [-0.2, 0) is 24.4 Å². The molecule has 0 radical (unpaired) electrons. The molecule has 4 aromatic rings. The van der Waals surface area contributed by atoms with Gasteiger partial charge in [-0.25, -0.2) is 9.97 Å². The number of Topliss-reactive ketones (excluding diaryl/α,β-unsaturated/α-hetero) is 1. The van der Waals surface area contributed by atoms with Crippen molar-refractivity contribution in [2.24, 2.45) is 16.7 Å². The minimum atomic E-state index is -4.08. The fourth-order valence-electron chi connectivity index (χ4n) is 6.87. The number of aromatic nitrogens is 3. The molecule has 2 fully saturated rings. The van der Waals surface area contributed by atoms with Crippen molar-refractivity contribution in [3.05, 3.63) is 84.0 Å². The van der Waals surface area contributed by atoms with E-state index in [1.165, 1.54) is 7.11 Å². The highest BCUT2D eigenvalue weighted by Gasteiger charge is 2.65. The molecule has 0 saturated heterocycles. The van der Waals surface area contributed by atoms with Gasteiger partial charge >= 0.3 is 0 Å². The normalized spacial score (nSPS) is 19.3. The van der Waals surface area contributed by atoms with Gasteiger partial charge in [-0.1, -0.05) is 32.1 Å². The van der Waals surface area contributed by atoms with E-state index >= 15 is 0 Å². The Hall–Kier alpha value is -4.72. The summed E-state index contributed by atoms with van der Waals surface area (Å²) in [4.78, 5) is 36.5. The molecule has 50 heavy (non-hydrogen) atoms. The van der Waals surface area contributed by atoms with Crippen molar-refractivity contribution in [2.75, 3.05) is 31.3 Å². The molecular weight excluding hydrogens is 659 g/mol. The SMILES string of the molecule is CC1(C)C2CCC1(CS(=O)(=O)O)C(=O)C2.COCC(=O)NC/C=C/c1ccc2ncnc(Nc3ccc(Oc4ccc(C)nc4)c(C)c3)c2c1. The van der Waals surface area contributed by atoms with E-state index in [2.05, 4.69) is 25.6 Å². The van der Waals surface area contributed by atoms with Gasteiger partial charge in [0.05, 0.1) is 22.9 Å². The minimum absolute atomic E-state index is 0.0152. The molecule has 2 atom stereocenters. The number of carbonyl (C=O) groups excluding carboxylic acids is 2. The molecule has 2 heterocycles. The van der Waals surface area contributed by atoms with E-state index in [0.29, 0.717) is 31.0 Å². The lowest BCUT2D eigenvalue weighted by Gasteiger charge is -2.35. The Morgan fingerprint density at radius 1 is 1.08 bits per heavy atom. The number of nitrogens with one attached hydrogen (secondary N) is 2. The second-order valence-electron chi connectivity index (χ2n) is 13.4. The van der Waals surface area contributed by atoms with Gasteiger partial charge in [0.1, 0.15) is 36.0 Å². The zero-order valence-electron chi connectivity index (χ0n) is 28.9. The second-order valence-corrected chi connectivity index (χ2v) is 14.8. The molecule has 2 unspecified atom stereocenters. The van der Waals surface area contributed by atoms with Crippen LogP contribution < -0.4 is 15.4 Å². The fraction of sp³-hybridized carbons (Fsp3) is 0.378. The van der Waals surface area contributed by atoms with E-state index in [9.17, 15) is 18.0 Å². The predicted octanol–water partition coefficient (Wildman–Crippen LogP) is 6.22. The average molecular weight is 702 g/mol. The van der Waals surface area contributed by atoms with Gasteiger partial charge in [-0.2, -0.15) is 8.42 Å². The van der Waals surface area contributed by atoms with E-state index < -0.39 is 21.3 Å². The lowest BCUT2D eigenvalue weighted by atomic mass is 9.70. The topological polar surface area (TPSA) is 170 Å². The molecule has 6 rings (SSSR count). The van der Waals surface area contributed by atoms with Crippen LogP contribution in [0.4, 0.5) is 11.5 Å². The van der Waals surface area contributed by atoms with Gasteiger partial charge in [0.15, 0.2) is 0 Å². The van der Waals surface area contributed by atoms with Crippen LogP contribution in [0, 0.1) is 30.6 Å². The highest BCUT2D eigenvalue weighted by atomic mass is 32.2. The van der Waals surface area contributed by atoms with Crippen molar-refractivity contribution >= 4 is 50.3 Å². The van der Waals surface area contributed by atoms with E-state index in [1.54, 1.807) is 12.5 Å². The number of hydrogen-bond acceptors (Lipinski definition) is 10. The van der Waals surface area contributed by atoms with E-state index in [0.717, 1.165) is 45.6 Å². The van der Waals surface area contributed by atoms with Crippen LogP contribution in [0.3, 0.4) is 0 Å². The Morgan fingerprint density at radius 3 is 2.52 bits per heavy atom. The smallest absolute Gasteiger partial charge is 0.265 e. The summed E-state index contributed by atoms with van der Waals surface area (Å²) in [5, 5.41) is 7.05. The summed E-state index contributed by atoms with van der Waals surface area (Å²) in [6, 6.07) is 15.6. The van der Waals surface area contributed by atoms with Crippen LogP contribution in [0.5, 0.6) is 11.5 Å².